The Labute approximate surface area is 115 Å². The van der Waals surface area contributed by atoms with E-state index in [4.69, 9.17) is 9.72 Å². The Bertz CT molecular complexity index is 452. The second-order valence-electron chi connectivity index (χ2n) is 6.18. The molecule has 0 radical (unpaired) electrons. The Morgan fingerprint density at radius 1 is 1.47 bits per heavy atom. The summed E-state index contributed by atoms with van der Waals surface area (Å²) in [6, 6.07) is 0. The lowest BCUT2D eigenvalue weighted by molar-refractivity contribution is 0.101. The average molecular weight is 263 g/mol. The molecular formula is C15H25N3O. The smallest absolute Gasteiger partial charge is 0.111 e. The number of imidazole rings is 1. The van der Waals surface area contributed by atoms with Gasteiger partial charge in [0.25, 0.3) is 0 Å². The van der Waals surface area contributed by atoms with Gasteiger partial charge >= 0.3 is 0 Å². The van der Waals surface area contributed by atoms with Gasteiger partial charge in [-0.3, -0.25) is 0 Å². The Kier molecular flexibility index (Phi) is 3.63. The highest BCUT2D eigenvalue weighted by molar-refractivity contribution is 5.22. The van der Waals surface area contributed by atoms with Crippen LogP contribution in [-0.2, 0) is 24.2 Å². The van der Waals surface area contributed by atoms with Gasteiger partial charge in [-0.1, -0.05) is 13.8 Å². The molecule has 2 atom stereocenters. The number of ether oxygens (including phenoxy) is 1. The fraction of sp³-hybridized carbons (Fsp3) is 0.800. The van der Waals surface area contributed by atoms with E-state index in [0.29, 0.717) is 17.9 Å². The molecule has 19 heavy (non-hydrogen) atoms. The highest BCUT2D eigenvalue weighted by Gasteiger charge is 2.28. The molecule has 0 amide bonds. The van der Waals surface area contributed by atoms with Crippen LogP contribution in [0.1, 0.15) is 50.3 Å². The van der Waals surface area contributed by atoms with Gasteiger partial charge in [0.2, 0.25) is 0 Å². The molecule has 0 aromatic carbocycles. The van der Waals surface area contributed by atoms with Crippen LogP contribution in [0.2, 0.25) is 0 Å². The Morgan fingerprint density at radius 3 is 3.00 bits per heavy atom. The molecule has 1 fully saturated rings. The van der Waals surface area contributed by atoms with Crippen molar-refractivity contribution in [2.45, 2.75) is 58.7 Å². The summed E-state index contributed by atoms with van der Waals surface area (Å²) < 4.78 is 8.21. The van der Waals surface area contributed by atoms with Crippen molar-refractivity contribution in [2.75, 3.05) is 13.2 Å². The van der Waals surface area contributed by atoms with Gasteiger partial charge in [0, 0.05) is 50.2 Å². The Morgan fingerprint density at radius 2 is 2.32 bits per heavy atom. The molecule has 0 bridgehead atoms. The number of aromatic nitrogens is 2. The van der Waals surface area contributed by atoms with E-state index in [1.807, 2.05) is 0 Å². The van der Waals surface area contributed by atoms with Crippen LogP contribution < -0.4 is 5.32 Å². The lowest BCUT2D eigenvalue weighted by atomic mass is 10.0. The van der Waals surface area contributed by atoms with Crippen molar-refractivity contribution in [3.8, 4) is 0 Å². The molecule has 0 aliphatic carbocycles. The van der Waals surface area contributed by atoms with E-state index in [1.54, 1.807) is 0 Å². The Hall–Kier alpha value is -0.870. The monoisotopic (exact) mass is 263 g/mol. The predicted molar refractivity (Wildman–Crippen MR) is 75.2 cm³/mol. The van der Waals surface area contributed by atoms with Crippen LogP contribution in [0, 0.1) is 5.92 Å². The van der Waals surface area contributed by atoms with E-state index in [1.165, 1.54) is 23.6 Å². The molecule has 106 valence electrons. The molecular weight excluding hydrogens is 238 g/mol. The first-order valence-electron chi connectivity index (χ1n) is 7.57. The number of hydrogen-bond donors (Lipinski definition) is 1. The van der Waals surface area contributed by atoms with Crippen molar-refractivity contribution < 1.29 is 4.74 Å². The number of rotatable bonds is 3. The molecule has 2 aliphatic heterocycles. The standard InChI is InChI=1S/C15H25N3O/c1-10(2)15-17-13-8-16-6-4-14(13)18(15)9-12-5-7-19-11(12)3/h10-12,16H,4-9H2,1-3H3. The molecule has 1 aromatic rings. The summed E-state index contributed by atoms with van der Waals surface area (Å²) in [5.41, 5.74) is 2.73. The summed E-state index contributed by atoms with van der Waals surface area (Å²) in [7, 11) is 0. The molecule has 1 N–H and O–H groups in total. The summed E-state index contributed by atoms with van der Waals surface area (Å²) in [6.07, 6.45) is 2.68. The van der Waals surface area contributed by atoms with Gasteiger partial charge in [-0.15, -0.1) is 0 Å². The van der Waals surface area contributed by atoms with Gasteiger partial charge < -0.3 is 14.6 Å². The SMILES string of the molecule is CC(C)c1nc2c(n1CC1CCOC1C)CCNC2. The number of nitrogens with zero attached hydrogens (tertiary/aromatic N) is 2. The lowest BCUT2D eigenvalue weighted by Crippen LogP contribution is -2.27. The number of fused-ring (bicyclic) bond motifs is 1. The molecule has 4 heteroatoms. The van der Waals surface area contributed by atoms with Gasteiger partial charge in [0.05, 0.1) is 11.8 Å². The molecule has 2 aliphatic rings. The first kappa shape index (κ1) is 13.1. The summed E-state index contributed by atoms with van der Waals surface area (Å²) in [6.45, 7) is 10.7. The zero-order valence-electron chi connectivity index (χ0n) is 12.3. The summed E-state index contributed by atoms with van der Waals surface area (Å²) in [4.78, 5) is 4.88. The van der Waals surface area contributed by atoms with Crippen molar-refractivity contribution in [3.05, 3.63) is 17.2 Å². The normalized spacial score (nSPS) is 26.9. The fourth-order valence-corrected chi connectivity index (χ4v) is 3.29. The van der Waals surface area contributed by atoms with Crippen LogP contribution in [0.3, 0.4) is 0 Å². The van der Waals surface area contributed by atoms with E-state index in [-0.39, 0.29) is 0 Å². The summed E-state index contributed by atoms with van der Waals surface area (Å²) in [5.74, 6) is 2.39. The van der Waals surface area contributed by atoms with Crippen LogP contribution in [0.15, 0.2) is 0 Å². The van der Waals surface area contributed by atoms with Gasteiger partial charge in [0.1, 0.15) is 5.82 Å². The first-order valence-corrected chi connectivity index (χ1v) is 7.57. The molecule has 3 heterocycles. The molecule has 2 unspecified atom stereocenters. The van der Waals surface area contributed by atoms with Gasteiger partial charge in [0.15, 0.2) is 0 Å². The fourth-order valence-electron chi connectivity index (χ4n) is 3.29. The molecule has 4 nitrogen and oxygen atoms in total. The van der Waals surface area contributed by atoms with Crippen LogP contribution in [0.25, 0.3) is 0 Å². The summed E-state index contributed by atoms with van der Waals surface area (Å²) >= 11 is 0. The predicted octanol–water partition coefficient (Wildman–Crippen LogP) is 2.08. The van der Waals surface area contributed by atoms with Gasteiger partial charge in [-0.05, 0) is 13.3 Å². The minimum Gasteiger partial charge on any atom is -0.378 e. The van der Waals surface area contributed by atoms with Crippen LogP contribution in [0.5, 0.6) is 0 Å². The zero-order chi connectivity index (χ0) is 13.4. The third-order valence-electron chi connectivity index (χ3n) is 4.48. The van der Waals surface area contributed by atoms with Gasteiger partial charge in [-0.25, -0.2) is 4.98 Å². The van der Waals surface area contributed by atoms with Gasteiger partial charge in [-0.2, -0.15) is 0 Å². The van der Waals surface area contributed by atoms with E-state index < -0.39 is 0 Å². The third kappa shape index (κ3) is 2.43. The van der Waals surface area contributed by atoms with Crippen LogP contribution in [-0.4, -0.2) is 28.8 Å². The quantitative estimate of drug-likeness (QED) is 0.907. The van der Waals surface area contributed by atoms with Crippen LogP contribution >= 0.6 is 0 Å². The van der Waals surface area contributed by atoms with Crippen molar-refractivity contribution in [1.82, 2.24) is 14.9 Å². The second kappa shape index (κ2) is 5.25. The molecule has 0 saturated carbocycles. The summed E-state index contributed by atoms with van der Waals surface area (Å²) in [5, 5.41) is 3.42. The van der Waals surface area contributed by atoms with E-state index >= 15 is 0 Å². The maximum atomic E-state index is 5.71. The third-order valence-corrected chi connectivity index (χ3v) is 4.48. The molecule has 0 spiro atoms. The maximum absolute atomic E-state index is 5.71. The molecule has 1 aromatic heterocycles. The second-order valence-corrected chi connectivity index (χ2v) is 6.18. The highest BCUT2D eigenvalue weighted by atomic mass is 16.5. The maximum Gasteiger partial charge on any atom is 0.111 e. The lowest BCUT2D eigenvalue weighted by Gasteiger charge is -2.21. The topological polar surface area (TPSA) is 39.1 Å². The molecule has 1 saturated heterocycles. The zero-order valence-corrected chi connectivity index (χ0v) is 12.3. The highest BCUT2D eigenvalue weighted by Crippen LogP contribution is 2.27. The molecule has 3 rings (SSSR count). The largest absolute Gasteiger partial charge is 0.378 e. The number of nitrogens with one attached hydrogen (secondary N) is 1. The van der Waals surface area contributed by atoms with Crippen molar-refractivity contribution in [1.29, 1.82) is 0 Å². The minimum absolute atomic E-state index is 0.389. The Balaban J connectivity index is 1.91. The average Bonchev–Trinajstić information content (AvgIpc) is 2.95. The first-order chi connectivity index (χ1) is 9.16. The van der Waals surface area contributed by atoms with Crippen molar-refractivity contribution in [3.63, 3.8) is 0 Å². The minimum atomic E-state index is 0.389. The van der Waals surface area contributed by atoms with E-state index in [2.05, 4.69) is 30.7 Å². The number of hydrogen-bond acceptors (Lipinski definition) is 3. The van der Waals surface area contributed by atoms with E-state index in [9.17, 15) is 0 Å². The van der Waals surface area contributed by atoms with Crippen molar-refractivity contribution >= 4 is 0 Å². The van der Waals surface area contributed by atoms with E-state index in [0.717, 1.165) is 32.7 Å². The van der Waals surface area contributed by atoms with Crippen molar-refractivity contribution in [2.24, 2.45) is 5.92 Å². The van der Waals surface area contributed by atoms with Crippen LogP contribution in [0.4, 0.5) is 0 Å².